The first-order chi connectivity index (χ1) is 9.74. The van der Waals surface area contributed by atoms with E-state index in [9.17, 15) is 5.11 Å². The third-order valence-corrected chi connectivity index (χ3v) is 2.81. The first-order valence-electron chi connectivity index (χ1n) is 6.50. The Morgan fingerprint density at radius 2 is 2.05 bits per heavy atom. The van der Waals surface area contributed by atoms with E-state index in [0.717, 1.165) is 6.42 Å². The maximum absolute atomic E-state index is 10.3. The van der Waals surface area contributed by atoms with Crippen LogP contribution in [0.1, 0.15) is 30.6 Å². The summed E-state index contributed by atoms with van der Waals surface area (Å²) in [5.41, 5.74) is 1.35. The van der Waals surface area contributed by atoms with Gasteiger partial charge in [0.25, 0.3) is 0 Å². The molecule has 0 aromatic carbocycles. The number of pyridine rings is 2. The number of aromatic nitrogens is 2. The minimum absolute atomic E-state index is 0.513. The molecule has 1 unspecified atom stereocenters. The van der Waals surface area contributed by atoms with Crippen LogP contribution in [0.5, 0.6) is 11.6 Å². The summed E-state index contributed by atoms with van der Waals surface area (Å²) < 4.78 is 10.5. The lowest BCUT2D eigenvalue weighted by Gasteiger charge is -2.12. The molecule has 20 heavy (non-hydrogen) atoms. The van der Waals surface area contributed by atoms with Gasteiger partial charge in [0.1, 0.15) is 11.9 Å². The van der Waals surface area contributed by atoms with Crippen LogP contribution in [0, 0.1) is 0 Å². The average molecular weight is 274 g/mol. The summed E-state index contributed by atoms with van der Waals surface area (Å²) >= 11 is 0. The lowest BCUT2D eigenvalue weighted by atomic mass is 10.1. The van der Waals surface area contributed by atoms with Crippen LogP contribution in [0.2, 0.25) is 0 Å². The molecule has 2 aromatic rings. The van der Waals surface area contributed by atoms with Crippen molar-refractivity contribution < 1.29 is 14.6 Å². The van der Waals surface area contributed by atoms with Crippen LogP contribution in [0.15, 0.2) is 36.8 Å². The van der Waals surface area contributed by atoms with Gasteiger partial charge in [0.05, 0.1) is 19.9 Å². The first-order valence-corrected chi connectivity index (χ1v) is 6.50. The van der Waals surface area contributed by atoms with Gasteiger partial charge < -0.3 is 14.6 Å². The zero-order valence-electron chi connectivity index (χ0n) is 11.6. The van der Waals surface area contributed by atoms with Gasteiger partial charge in [-0.1, -0.05) is 6.92 Å². The summed E-state index contributed by atoms with van der Waals surface area (Å²) in [5.74, 6) is 1.17. The number of methoxy groups -OCH3 is 1. The monoisotopic (exact) mass is 274 g/mol. The Morgan fingerprint density at radius 3 is 2.70 bits per heavy atom. The number of hydrogen-bond donors (Lipinski definition) is 1. The van der Waals surface area contributed by atoms with Gasteiger partial charge in [0.15, 0.2) is 0 Å². The fourth-order valence-corrected chi connectivity index (χ4v) is 1.75. The summed E-state index contributed by atoms with van der Waals surface area (Å²) in [6, 6.07) is 5.27. The summed E-state index contributed by atoms with van der Waals surface area (Å²) in [6.45, 7) is 2.67. The molecule has 5 heteroatoms. The quantitative estimate of drug-likeness (QED) is 0.876. The van der Waals surface area contributed by atoms with E-state index in [0.29, 0.717) is 29.4 Å². The zero-order chi connectivity index (χ0) is 14.4. The van der Waals surface area contributed by atoms with E-state index in [1.165, 1.54) is 0 Å². The van der Waals surface area contributed by atoms with Gasteiger partial charge in [0.2, 0.25) is 5.88 Å². The second-order valence-corrected chi connectivity index (χ2v) is 4.34. The summed E-state index contributed by atoms with van der Waals surface area (Å²) in [5, 5.41) is 10.3. The molecule has 1 atom stereocenters. The second-order valence-electron chi connectivity index (χ2n) is 4.34. The van der Waals surface area contributed by atoms with Crippen LogP contribution in [-0.4, -0.2) is 28.8 Å². The standard InChI is InChI=1S/C15H18N2O3/c1-3-6-20-13-7-12(8-16-10-13)15(18)11-4-5-14(19-2)17-9-11/h4-5,7-10,15,18H,3,6H2,1-2H3. The second kappa shape index (κ2) is 6.86. The summed E-state index contributed by atoms with van der Waals surface area (Å²) in [4.78, 5) is 8.17. The fourth-order valence-electron chi connectivity index (χ4n) is 1.75. The van der Waals surface area contributed by atoms with E-state index >= 15 is 0 Å². The van der Waals surface area contributed by atoms with Crippen molar-refractivity contribution in [2.24, 2.45) is 0 Å². The maximum Gasteiger partial charge on any atom is 0.212 e. The van der Waals surface area contributed by atoms with Crippen molar-refractivity contribution in [3.05, 3.63) is 47.9 Å². The Hall–Kier alpha value is -2.14. The minimum Gasteiger partial charge on any atom is -0.492 e. The SMILES string of the molecule is CCCOc1cncc(C(O)c2ccc(OC)nc2)c1. The van der Waals surface area contributed by atoms with E-state index < -0.39 is 6.10 Å². The molecule has 0 saturated heterocycles. The van der Waals surface area contributed by atoms with Crippen molar-refractivity contribution in [1.82, 2.24) is 9.97 Å². The van der Waals surface area contributed by atoms with Crippen molar-refractivity contribution in [3.63, 3.8) is 0 Å². The van der Waals surface area contributed by atoms with Gasteiger partial charge in [-0.3, -0.25) is 4.98 Å². The Balaban J connectivity index is 2.16. The summed E-state index contributed by atoms with van der Waals surface area (Å²) in [7, 11) is 1.55. The van der Waals surface area contributed by atoms with Crippen LogP contribution >= 0.6 is 0 Å². The molecule has 0 spiro atoms. The average Bonchev–Trinajstić information content (AvgIpc) is 2.52. The molecule has 1 N–H and O–H groups in total. The molecule has 0 aliphatic heterocycles. The van der Waals surface area contributed by atoms with Crippen LogP contribution in [0.4, 0.5) is 0 Å². The van der Waals surface area contributed by atoms with Crippen molar-refractivity contribution in [3.8, 4) is 11.6 Å². The van der Waals surface area contributed by atoms with Crippen molar-refractivity contribution in [2.75, 3.05) is 13.7 Å². The third kappa shape index (κ3) is 3.45. The topological polar surface area (TPSA) is 64.5 Å². The Kier molecular flexibility index (Phi) is 4.90. The zero-order valence-corrected chi connectivity index (χ0v) is 11.6. The molecular formula is C15H18N2O3. The van der Waals surface area contributed by atoms with Gasteiger partial charge in [-0.25, -0.2) is 4.98 Å². The highest BCUT2D eigenvalue weighted by molar-refractivity contribution is 5.32. The number of aliphatic hydroxyl groups is 1. The number of hydrogen-bond acceptors (Lipinski definition) is 5. The predicted molar refractivity (Wildman–Crippen MR) is 74.9 cm³/mol. The van der Waals surface area contributed by atoms with Crippen molar-refractivity contribution in [2.45, 2.75) is 19.4 Å². The molecule has 0 bridgehead atoms. The molecule has 0 aliphatic rings. The van der Waals surface area contributed by atoms with Gasteiger partial charge in [-0.05, 0) is 18.6 Å². The lowest BCUT2D eigenvalue weighted by Crippen LogP contribution is -2.03. The minimum atomic E-state index is -0.786. The Labute approximate surface area is 118 Å². The van der Waals surface area contributed by atoms with Gasteiger partial charge in [-0.2, -0.15) is 0 Å². The summed E-state index contributed by atoms with van der Waals surface area (Å²) in [6.07, 6.45) is 4.98. The number of rotatable bonds is 6. The van der Waals surface area contributed by atoms with Crippen molar-refractivity contribution in [1.29, 1.82) is 0 Å². The number of ether oxygens (including phenoxy) is 2. The molecule has 2 aromatic heterocycles. The van der Waals surface area contributed by atoms with E-state index in [2.05, 4.69) is 9.97 Å². The fraction of sp³-hybridized carbons (Fsp3) is 0.333. The first kappa shape index (κ1) is 14.3. The lowest BCUT2D eigenvalue weighted by molar-refractivity contribution is 0.218. The molecule has 2 heterocycles. The highest BCUT2D eigenvalue weighted by Gasteiger charge is 2.12. The van der Waals surface area contributed by atoms with E-state index in [-0.39, 0.29) is 0 Å². The highest BCUT2D eigenvalue weighted by atomic mass is 16.5. The Morgan fingerprint density at radius 1 is 1.20 bits per heavy atom. The van der Waals surface area contributed by atoms with Crippen LogP contribution in [-0.2, 0) is 0 Å². The molecule has 2 rings (SSSR count). The molecule has 0 fully saturated rings. The molecule has 0 amide bonds. The maximum atomic E-state index is 10.3. The normalized spacial score (nSPS) is 11.9. The molecule has 5 nitrogen and oxygen atoms in total. The van der Waals surface area contributed by atoms with Crippen LogP contribution in [0.25, 0.3) is 0 Å². The number of nitrogens with zero attached hydrogens (tertiary/aromatic N) is 2. The third-order valence-electron chi connectivity index (χ3n) is 2.81. The van der Waals surface area contributed by atoms with Crippen LogP contribution < -0.4 is 9.47 Å². The van der Waals surface area contributed by atoms with Gasteiger partial charge in [0, 0.05) is 29.6 Å². The van der Waals surface area contributed by atoms with Gasteiger partial charge in [-0.15, -0.1) is 0 Å². The highest BCUT2D eigenvalue weighted by Crippen LogP contribution is 2.24. The van der Waals surface area contributed by atoms with E-state index in [1.807, 2.05) is 6.92 Å². The largest absolute Gasteiger partial charge is 0.492 e. The van der Waals surface area contributed by atoms with Gasteiger partial charge >= 0.3 is 0 Å². The Bertz CT molecular complexity index is 543. The van der Waals surface area contributed by atoms with E-state index in [4.69, 9.17) is 9.47 Å². The molecule has 0 saturated carbocycles. The van der Waals surface area contributed by atoms with Crippen LogP contribution in [0.3, 0.4) is 0 Å². The molecule has 106 valence electrons. The molecule has 0 radical (unpaired) electrons. The number of aliphatic hydroxyl groups excluding tert-OH is 1. The molecular weight excluding hydrogens is 256 g/mol. The predicted octanol–water partition coefficient (Wildman–Crippen LogP) is 2.36. The smallest absolute Gasteiger partial charge is 0.212 e. The van der Waals surface area contributed by atoms with E-state index in [1.54, 1.807) is 43.9 Å². The van der Waals surface area contributed by atoms with Crippen molar-refractivity contribution >= 4 is 0 Å². The molecule has 0 aliphatic carbocycles.